The lowest BCUT2D eigenvalue weighted by molar-refractivity contribution is -0.00788. The maximum absolute atomic E-state index is 13.4. The lowest BCUT2D eigenvalue weighted by atomic mass is 9.95. The summed E-state index contributed by atoms with van der Waals surface area (Å²) in [6.45, 7) is 4.97. The van der Waals surface area contributed by atoms with Crippen molar-refractivity contribution in [1.82, 2.24) is 15.2 Å². The van der Waals surface area contributed by atoms with Crippen molar-refractivity contribution in [2.75, 3.05) is 13.1 Å². The molecule has 1 heterocycles. The number of carbonyl (C=O) groups is 3. The highest BCUT2D eigenvalue weighted by molar-refractivity contribution is 6.04. The van der Waals surface area contributed by atoms with Gasteiger partial charge in [-0.25, -0.2) is 0 Å². The molecule has 1 aromatic carbocycles. The number of nitrogens with two attached hydrogens (primary N) is 1. The number of hydrogen-bond donors (Lipinski definition) is 4. The number of benzene rings is 1. The zero-order valence-corrected chi connectivity index (χ0v) is 22.0. The van der Waals surface area contributed by atoms with Gasteiger partial charge in [0, 0.05) is 48.6 Å². The molecule has 204 valence electrons. The van der Waals surface area contributed by atoms with Gasteiger partial charge in [-0.05, 0) is 68.0 Å². The molecule has 0 aliphatic heterocycles. The zero-order valence-electron chi connectivity index (χ0n) is 22.0. The van der Waals surface area contributed by atoms with E-state index in [9.17, 15) is 24.6 Å². The van der Waals surface area contributed by atoms with Gasteiger partial charge in [0.2, 0.25) is 5.91 Å². The molecule has 3 unspecified atom stereocenters. The number of carbonyl (C=O) groups excluding carboxylic acids is 3. The van der Waals surface area contributed by atoms with Crippen molar-refractivity contribution in [3.8, 4) is 6.07 Å². The van der Waals surface area contributed by atoms with Crippen molar-refractivity contribution in [1.29, 1.82) is 5.26 Å². The molecule has 10 nitrogen and oxygen atoms in total. The molecule has 0 radical (unpaired) electrons. The van der Waals surface area contributed by atoms with Crippen LogP contribution < -0.4 is 11.1 Å². The van der Waals surface area contributed by atoms with E-state index in [4.69, 9.17) is 11.0 Å². The Labute approximate surface area is 223 Å². The quantitative estimate of drug-likeness (QED) is 0.259. The largest absolute Gasteiger partial charge is 0.390 e. The predicted octanol–water partition coefficient (Wildman–Crippen LogP) is 2.20. The molecule has 0 aliphatic rings. The van der Waals surface area contributed by atoms with Gasteiger partial charge in [-0.1, -0.05) is 13.8 Å². The third-order valence-electron chi connectivity index (χ3n) is 6.12. The van der Waals surface area contributed by atoms with Crippen molar-refractivity contribution in [2.45, 2.75) is 70.6 Å². The van der Waals surface area contributed by atoms with E-state index >= 15 is 0 Å². The Balaban J connectivity index is 2.37. The summed E-state index contributed by atoms with van der Waals surface area (Å²) in [6.07, 6.45) is 3.13. The number of unbranched alkanes of at least 4 members (excludes halogenated alkanes) is 1. The standard InChI is InChI=1S/C28H37N5O5/c1-3-13-33(14-4-2)28(38)22-17-20(26(30)36)16-21(18-22)27(37)32-23(15-19-8-11-31-12-9-19)25(35)24(34)7-5-6-10-29/h8-9,11-12,16-18,23-25,34-35H,3-7,13-15H2,1-2H3,(H2,30,36)(H,32,37). The van der Waals surface area contributed by atoms with Gasteiger partial charge in [0.1, 0.15) is 6.10 Å². The van der Waals surface area contributed by atoms with E-state index in [-0.39, 0.29) is 41.9 Å². The molecule has 38 heavy (non-hydrogen) atoms. The molecular weight excluding hydrogens is 486 g/mol. The number of primary amides is 1. The smallest absolute Gasteiger partial charge is 0.253 e. The molecule has 0 spiro atoms. The van der Waals surface area contributed by atoms with Gasteiger partial charge in [-0.2, -0.15) is 5.26 Å². The van der Waals surface area contributed by atoms with Crippen molar-refractivity contribution in [3.05, 3.63) is 65.0 Å². The normalized spacial score (nSPS) is 13.1. The number of nitrogens with zero attached hydrogens (tertiary/aromatic N) is 3. The molecule has 10 heteroatoms. The Hall–Kier alpha value is -3.81. The summed E-state index contributed by atoms with van der Waals surface area (Å²) in [5.74, 6) is -1.73. The highest BCUT2D eigenvalue weighted by Crippen LogP contribution is 2.17. The minimum Gasteiger partial charge on any atom is -0.390 e. The Morgan fingerprint density at radius 1 is 1.05 bits per heavy atom. The van der Waals surface area contributed by atoms with E-state index in [1.54, 1.807) is 29.4 Å². The summed E-state index contributed by atoms with van der Waals surface area (Å²) < 4.78 is 0. The predicted molar refractivity (Wildman–Crippen MR) is 142 cm³/mol. The van der Waals surface area contributed by atoms with Crippen molar-refractivity contribution in [3.63, 3.8) is 0 Å². The number of hydrogen-bond acceptors (Lipinski definition) is 7. The maximum atomic E-state index is 13.4. The van der Waals surface area contributed by atoms with E-state index in [0.717, 1.165) is 18.4 Å². The van der Waals surface area contributed by atoms with Gasteiger partial charge in [0.05, 0.1) is 18.2 Å². The van der Waals surface area contributed by atoms with E-state index in [0.29, 0.717) is 19.5 Å². The second-order valence-corrected chi connectivity index (χ2v) is 9.20. The molecule has 2 aromatic rings. The van der Waals surface area contributed by atoms with Gasteiger partial charge in [0.15, 0.2) is 0 Å². The van der Waals surface area contributed by atoms with E-state index in [1.807, 2.05) is 19.9 Å². The highest BCUT2D eigenvalue weighted by Gasteiger charge is 2.29. The zero-order chi connectivity index (χ0) is 28.1. The lowest BCUT2D eigenvalue weighted by Gasteiger charge is -2.28. The molecule has 1 aromatic heterocycles. The fourth-order valence-corrected chi connectivity index (χ4v) is 4.17. The number of aliphatic hydroxyl groups excluding tert-OH is 2. The first-order valence-electron chi connectivity index (χ1n) is 12.9. The van der Waals surface area contributed by atoms with Gasteiger partial charge < -0.3 is 26.2 Å². The minimum absolute atomic E-state index is 0.0108. The Kier molecular flexibility index (Phi) is 12.4. The number of nitriles is 1. The molecular formula is C28H37N5O5. The van der Waals surface area contributed by atoms with Crippen LogP contribution in [-0.2, 0) is 6.42 Å². The fourth-order valence-electron chi connectivity index (χ4n) is 4.17. The summed E-state index contributed by atoms with van der Waals surface area (Å²) in [4.78, 5) is 44.2. The van der Waals surface area contributed by atoms with Crippen LogP contribution in [0.2, 0.25) is 0 Å². The SMILES string of the molecule is CCCN(CCC)C(=O)c1cc(C(N)=O)cc(C(=O)NC(Cc2ccncc2)C(O)C(O)CCCC#N)c1. The molecule has 5 N–H and O–H groups in total. The number of amides is 3. The third-order valence-corrected chi connectivity index (χ3v) is 6.12. The van der Waals surface area contributed by atoms with Crippen LogP contribution in [0.3, 0.4) is 0 Å². The monoisotopic (exact) mass is 523 g/mol. The van der Waals surface area contributed by atoms with Crippen LogP contribution in [0.25, 0.3) is 0 Å². The van der Waals surface area contributed by atoms with Crippen LogP contribution in [0.5, 0.6) is 0 Å². The first-order valence-corrected chi connectivity index (χ1v) is 12.9. The molecule has 0 saturated carbocycles. The topological polar surface area (TPSA) is 170 Å². The molecule has 0 bridgehead atoms. The van der Waals surface area contributed by atoms with E-state index < -0.39 is 30.1 Å². The molecule has 3 amide bonds. The number of rotatable bonds is 15. The summed E-state index contributed by atoms with van der Waals surface area (Å²) in [6, 6.07) is 8.64. The van der Waals surface area contributed by atoms with Crippen LogP contribution in [0.15, 0.2) is 42.7 Å². The fraction of sp³-hybridized carbons (Fsp3) is 0.464. The minimum atomic E-state index is -1.34. The number of aliphatic hydroxyl groups is 2. The van der Waals surface area contributed by atoms with Gasteiger partial charge in [-0.3, -0.25) is 19.4 Å². The van der Waals surface area contributed by atoms with Crippen LogP contribution >= 0.6 is 0 Å². The first kappa shape index (κ1) is 30.4. The second-order valence-electron chi connectivity index (χ2n) is 9.20. The first-order chi connectivity index (χ1) is 18.2. The summed E-state index contributed by atoms with van der Waals surface area (Å²) in [5, 5.41) is 33.0. The van der Waals surface area contributed by atoms with Crippen LogP contribution in [-0.4, -0.2) is 69.2 Å². The number of nitrogens with one attached hydrogen (secondary N) is 1. The summed E-state index contributed by atoms with van der Waals surface area (Å²) in [7, 11) is 0. The van der Waals surface area contributed by atoms with Crippen LogP contribution in [0.1, 0.15) is 82.6 Å². The summed E-state index contributed by atoms with van der Waals surface area (Å²) >= 11 is 0. The second kappa shape index (κ2) is 15.4. The summed E-state index contributed by atoms with van der Waals surface area (Å²) in [5.41, 5.74) is 6.47. The molecule has 0 fully saturated rings. The molecule has 0 saturated heterocycles. The average Bonchev–Trinajstić information content (AvgIpc) is 2.92. The average molecular weight is 524 g/mol. The molecule has 2 rings (SSSR count). The van der Waals surface area contributed by atoms with Crippen LogP contribution in [0, 0.1) is 11.3 Å². The highest BCUT2D eigenvalue weighted by atomic mass is 16.3. The van der Waals surface area contributed by atoms with Crippen molar-refractivity contribution in [2.24, 2.45) is 5.73 Å². The van der Waals surface area contributed by atoms with Gasteiger partial charge >= 0.3 is 0 Å². The number of pyridine rings is 1. The number of aromatic nitrogens is 1. The Morgan fingerprint density at radius 3 is 2.24 bits per heavy atom. The Morgan fingerprint density at radius 2 is 1.66 bits per heavy atom. The third kappa shape index (κ3) is 8.94. The van der Waals surface area contributed by atoms with Crippen molar-refractivity contribution < 1.29 is 24.6 Å². The maximum Gasteiger partial charge on any atom is 0.253 e. The van der Waals surface area contributed by atoms with Gasteiger partial charge in [0.25, 0.3) is 11.8 Å². The van der Waals surface area contributed by atoms with E-state index in [1.165, 1.54) is 18.2 Å². The Bertz CT molecular complexity index is 1110. The van der Waals surface area contributed by atoms with E-state index in [2.05, 4.69) is 10.3 Å². The molecule has 3 atom stereocenters. The van der Waals surface area contributed by atoms with Gasteiger partial charge in [-0.15, -0.1) is 0 Å². The lowest BCUT2D eigenvalue weighted by Crippen LogP contribution is -2.50. The van der Waals surface area contributed by atoms with Crippen LogP contribution in [0.4, 0.5) is 0 Å². The van der Waals surface area contributed by atoms with Crippen molar-refractivity contribution >= 4 is 17.7 Å². The molecule has 0 aliphatic carbocycles.